The molecule has 0 radical (unpaired) electrons. The molecule has 5 heteroatoms. The molecular formula is C13H18N4O. The highest BCUT2D eigenvalue weighted by molar-refractivity contribution is 5.84. The molecule has 1 heterocycles. The number of imidazole rings is 1. The average Bonchev–Trinajstić information content (AvgIpc) is 2.65. The van der Waals surface area contributed by atoms with E-state index in [0.717, 1.165) is 29.7 Å². The van der Waals surface area contributed by atoms with Crippen LogP contribution in [-0.4, -0.2) is 15.5 Å². The van der Waals surface area contributed by atoms with Crippen LogP contribution in [-0.2, 0) is 11.2 Å². The van der Waals surface area contributed by atoms with Gasteiger partial charge in [-0.15, -0.1) is 0 Å². The van der Waals surface area contributed by atoms with Crippen molar-refractivity contribution in [2.45, 2.75) is 32.7 Å². The van der Waals surface area contributed by atoms with Crippen molar-refractivity contribution in [3.05, 3.63) is 24.0 Å². The summed E-state index contributed by atoms with van der Waals surface area (Å²) in [6.45, 7) is 3.87. The maximum Gasteiger partial charge on any atom is 0.240 e. The van der Waals surface area contributed by atoms with Gasteiger partial charge in [0.25, 0.3) is 0 Å². The Bertz CT molecular complexity index is 588. The van der Waals surface area contributed by atoms with E-state index in [4.69, 9.17) is 11.5 Å². The number of carbonyl (C=O) groups is 1. The van der Waals surface area contributed by atoms with Crippen LogP contribution in [0.15, 0.2) is 18.2 Å². The van der Waals surface area contributed by atoms with Crippen LogP contribution in [0, 0.1) is 0 Å². The molecule has 5 nitrogen and oxygen atoms in total. The summed E-state index contributed by atoms with van der Waals surface area (Å²) in [4.78, 5) is 16.0. The van der Waals surface area contributed by atoms with Crippen LogP contribution in [0.5, 0.6) is 0 Å². The van der Waals surface area contributed by atoms with E-state index in [0.29, 0.717) is 5.69 Å². The van der Waals surface area contributed by atoms with E-state index >= 15 is 0 Å². The molecule has 0 saturated carbocycles. The second-order valence-corrected chi connectivity index (χ2v) is 4.47. The summed E-state index contributed by atoms with van der Waals surface area (Å²) in [7, 11) is 0. The number of fused-ring (bicyclic) bond motifs is 1. The normalized spacial score (nSPS) is 12.8. The summed E-state index contributed by atoms with van der Waals surface area (Å²) in [6.07, 6.45) is 1.77. The van der Waals surface area contributed by atoms with E-state index in [2.05, 4.69) is 11.9 Å². The van der Waals surface area contributed by atoms with Gasteiger partial charge in [-0.2, -0.15) is 0 Å². The number of aryl methyl sites for hydroxylation is 1. The number of nitrogens with two attached hydrogens (primary N) is 2. The van der Waals surface area contributed by atoms with Gasteiger partial charge in [0.05, 0.1) is 11.0 Å². The van der Waals surface area contributed by atoms with Crippen molar-refractivity contribution in [3.8, 4) is 0 Å². The van der Waals surface area contributed by atoms with Crippen molar-refractivity contribution < 1.29 is 4.79 Å². The Hall–Kier alpha value is -2.04. The molecule has 0 bridgehead atoms. The SMILES string of the molecule is CCCc1nc2cc(N)ccc2n1C(C)C(N)=O. The first kappa shape index (κ1) is 12.4. The maximum atomic E-state index is 11.4. The lowest BCUT2D eigenvalue weighted by Crippen LogP contribution is -2.25. The molecular weight excluding hydrogens is 228 g/mol. The van der Waals surface area contributed by atoms with Crippen LogP contribution in [0.1, 0.15) is 32.1 Å². The second-order valence-electron chi connectivity index (χ2n) is 4.47. The van der Waals surface area contributed by atoms with Crippen LogP contribution in [0.25, 0.3) is 11.0 Å². The van der Waals surface area contributed by atoms with Gasteiger partial charge in [-0.25, -0.2) is 4.98 Å². The van der Waals surface area contributed by atoms with Gasteiger partial charge < -0.3 is 16.0 Å². The predicted molar refractivity (Wildman–Crippen MR) is 72.0 cm³/mol. The minimum absolute atomic E-state index is 0.358. The molecule has 1 aromatic heterocycles. The number of hydrogen-bond donors (Lipinski definition) is 2. The van der Waals surface area contributed by atoms with Gasteiger partial charge in [0.1, 0.15) is 11.9 Å². The van der Waals surface area contributed by atoms with Gasteiger partial charge in [-0.1, -0.05) is 6.92 Å². The first-order valence-electron chi connectivity index (χ1n) is 6.10. The number of nitrogen functional groups attached to an aromatic ring is 1. The van der Waals surface area contributed by atoms with Gasteiger partial charge in [0.15, 0.2) is 0 Å². The molecule has 1 aromatic carbocycles. The smallest absolute Gasteiger partial charge is 0.240 e. The molecule has 4 N–H and O–H groups in total. The zero-order chi connectivity index (χ0) is 13.3. The Morgan fingerprint density at radius 1 is 1.50 bits per heavy atom. The van der Waals surface area contributed by atoms with E-state index in [1.54, 1.807) is 6.92 Å². The zero-order valence-corrected chi connectivity index (χ0v) is 10.7. The Balaban J connectivity index is 2.66. The Kier molecular flexibility index (Phi) is 3.23. The highest BCUT2D eigenvalue weighted by Crippen LogP contribution is 2.23. The molecule has 2 rings (SSSR count). The maximum absolute atomic E-state index is 11.4. The first-order chi connectivity index (χ1) is 8.54. The molecule has 0 aliphatic heterocycles. The highest BCUT2D eigenvalue weighted by Gasteiger charge is 2.18. The number of anilines is 1. The summed E-state index contributed by atoms with van der Waals surface area (Å²) in [5, 5.41) is 0. The molecule has 1 unspecified atom stereocenters. The fourth-order valence-corrected chi connectivity index (χ4v) is 2.13. The fourth-order valence-electron chi connectivity index (χ4n) is 2.13. The summed E-state index contributed by atoms with van der Waals surface area (Å²) >= 11 is 0. The van der Waals surface area contributed by atoms with Gasteiger partial charge >= 0.3 is 0 Å². The first-order valence-corrected chi connectivity index (χ1v) is 6.10. The number of primary amides is 1. The number of benzene rings is 1. The van der Waals surface area contributed by atoms with Gasteiger partial charge in [-0.3, -0.25) is 4.79 Å². The van der Waals surface area contributed by atoms with E-state index in [9.17, 15) is 4.79 Å². The summed E-state index contributed by atoms with van der Waals surface area (Å²) in [5.41, 5.74) is 13.5. The summed E-state index contributed by atoms with van der Waals surface area (Å²) in [5.74, 6) is 0.521. The van der Waals surface area contributed by atoms with Crippen molar-refractivity contribution in [1.82, 2.24) is 9.55 Å². The van der Waals surface area contributed by atoms with Crippen LogP contribution < -0.4 is 11.5 Å². The van der Waals surface area contributed by atoms with Gasteiger partial charge in [0, 0.05) is 12.1 Å². The van der Waals surface area contributed by atoms with Gasteiger partial charge in [0.2, 0.25) is 5.91 Å². The van der Waals surface area contributed by atoms with E-state index in [1.165, 1.54) is 0 Å². The summed E-state index contributed by atoms with van der Waals surface area (Å²) in [6, 6.07) is 5.11. The van der Waals surface area contributed by atoms with Crippen molar-refractivity contribution in [2.75, 3.05) is 5.73 Å². The Morgan fingerprint density at radius 2 is 2.22 bits per heavy atom. The zero-order valence-electron chi connectivity index (χ0n) is 10.7. The van der Waals surface area contributed by atoms with E-state index < -0.39 is 6.04 Å². The third kappa shape index (κ3) is 2.03. The van der Waals surface area contributed by atoms with Crippen molar-refractivity contribution in [3.63, 3.8) is 0 Å². The van der Waals surface area contributed by atoms with Crippen molar-refractivity contribution in [1.29, 1.82) is 0 Å². The fraction of sp³-hybridized carbons (Fsp3) is 0.385. The third-order valence-corrected chi connectivity index (χ3v) is 3.06. The van der Waals surface area contributed by atoms with Gasteiger partial charge in [-0.05, 0) is 31.5 Å². The van der Waals surface area contributed by atoms with Crippen LogP contribution in [0.2, 0.25) is 0 Å². The summed E-state index contributed by atoms with van der Waals surface area (Å²) < 4.78 is 1.90. The molecule has 1 atom stereocenters. The number of hydrogen-bond acceptors (Lipinski definition) is 3. The minimum atomic E-state index is -0.403. The number of nitrogens with zero attached hydrogens (tertiary/aromatic N) is 2. The van der Waals surface area contributed by atoms with E-state index in [1.807, 2.05) is 22.8 Å². The van der Waals surface area contributed by atoms with Crippen LogP contribution in [0.3, 0.4) is 0 Å². The number of carbonyl (C=O) groups excluding carboxylic acids is 1. The Labute approximate surface area is 106 Å². The monoisotopic (exact) mass is 246 g/mol. The lowest BCUT2D eigenvalue weighted by atomic mass is 10.2. The van der Waals surface area contributed by atoms with Crippen molar-refractivity contribution in [2.24, 2.45) is 5.73 Å². The van der Waals surface area contributed by atoms with Crippen LogP contribution in [0.4, 0.5) is 5.69 Å². The minimum Gasteiger partial charge on any atom is -0.399 e. The molecule has 18 heavy (non-hydrogen) atoms. The average molecular weight is 246 g/mol. The molecule has 0 aliphatic carbocycles. The molecule has 0 spiro atoms. The largest absolute Gasteiger partial charge is 0.399 e. The molecule has 0 saturated heterocycles. The Morgan fingerprint density at radius 3 is 2.83 bits per heavy atom. The van der Waals surface area contributed by atoms with Crippen molar-refractivity contribution >= 4 is 22.6 Å². The number of rotatable bonds is 4. The topological polar surface area (TPSA) is 86.9 Å². The van der Waals surface area contributed by atoms with E-state index in [-0.39, 0.29) is 5.91 Å². The highest BCUT2D eigenvalue weighted by atomic mass is 16.1. The lowest BCUT2D eigenvalue weighted by Gasteiger charge is -2.14. The molecule has 96 valence electrons. The molecule has 0 aliphatic rings. The molecule has 1 amide bonds. The number of aromatic nitrogens is 2. The molecule has 2 aromatic rings. The third-order valence-electron chi connectivity index (χ3n) is 3.06. The predicted octanol–water partition coefficient (Wildman–Crippen LogP) is 1.62. The molecule has 0 fully saturated rings. The lowest BCUT2D eigenvalue weighted by molar-refractivity contribution is -0.120. The van der Waals surface area contributed by atoms with Crippen LogP contribution >= 0.6 is 0 Å². The number of amides is 1. The second kappa shape index (κ2) is 4.68. The standard InChI is InChI=1S/C13H18N4O/c1-3-4-12-16-10-7-9(14)5-6-11(10)17(12)8(2)13(15)18/h5-8H,3-4,14H2,1-2H3,(H2,15,18). The quantitative estimate of drug-likeness (QED) is 0.803.